The van der Waals surface area contributed by atoms with Gasteiger partial charge in [-0.25, -0.2) is 13.4 Å². The Bertz CT molecular complexity index is 1340. The van der Waals surface area contributed by atoms with Crippen LogP contribution in [0.25, 0.3) is 10.9 Å². The first kappa shape index (κ1) is 23.7. The highest BCUT2D eigenvalue weighted by atomic mass is 32.2. The number of morpholine rings is 1. The van der Waals surface area contributed by atoms with Crippen molar-refractivity contribution < 1.29 is 17.9 Å². The van der Waals surface area contributed by atoms with E-state index in [1.165, 1.54) is 4.31 Å². The first-order valence-corrected chi connectivity index (χ1v) is 13.5. The Kier molecular flexibility index (Phi) is 6.73. The first-order valence-electron chi connectivity index (χ1n) is 12.0. The Hall–Kier alpha value is -3.01. The predicted octanol–water partition coefficient (Wildman–Crippen LogP) is 3.42. The van der Waals surface area contributed by atoms with E-state index in [1.807, 2.05) is 43.3 Å². The molecule has 1 aromatic heterocycles. The average molecular weight is 495 g/mol. The number of benzene rings is 2. The highest BCUT2D eigenvalue weighted by Gasteiger charge is 2.28. The molecule has 2 aliphatic heterocycles. The SMILES string of the molecule is Cc1ccccc1NC(=O)[C@H]1CCCN(c2ccc3cc(S(=O)(=O)N4CCOCC4)ccc3n2)C1. The van der Waals surface area contributed by atoms with Crippen LogP contribution in [-0.4, -0.2) is 63.0 Å². The molecule has 0 radical (unpaired) electrons. The molecule has 3 heterocycles. The van der Waals surface area contributed by atoms with E-state index in [4.69, 9.17) is 9.72 Å². The molecule has 1 amide bonds. The van der Waals surface area contributed by atoms with E-state index in [2.05, 4.69) is 10.2 Å². The molecule has 3 aromatic rings. The maximum absolute atomic E-state index is 13.0. The largest absolute Gasteiger partial charge is 0.379 e. The number of pyridine rings is 1. The van der Waals surface area contributed by atoms with Crippen molar-refractivity contribution in [2.75, 3.05) is 49.6 Å². The van der Waals surface area contributed by atoms with Gasteiger partial charge in [0.1, 0.15) is 5.82 Å². The van der Waals surface area contributed by atoms with E-state index in [0.29, 0.717) is 32.8 Å². The van der Waals surface area contributed by atoms with Crippen molar-refractivity contribution in [3.8, 4) is 0 Å². The van der Waals surface area contributed by atoms with Crippen LogP contribution >= 0.6 is 0 Å². The molecule has 1 N–H and O–H groups in total. The number of fused-ring (bicyclic) bond motifs is 1. The third-order valence-corrected chi connectivity index (χ3v) is 8.67. The van der Waals surface area contributed by atoms with Crippen LogP contribution in [0.2, 0.25) is 0 Å². The number of sulfonamides is 1. The van der Waals surface area contributed by atoms with Crippen LogP contribution < -0.4 is 10.2 Å². The summed E-state index contributed by atoms with van der Waals surface area (Å²) in [6.45, 7) is 4.97. The van der Waals surface area contributed by atoms with E-state index in [0.717, 1.165) is 47.4 Å². The van der Waals surface area contributed by atoms with Gasteiger partial charge >= 0.3 is 0 Å². The summed E-state index contributed by atoms with van der Waals surface area (Å²) >= 11 is 0. The maximum Gasteiger partial charge on any atom is 0.243 e. The summed E-state index contributed by atoms with van der Waals surface area (Å²) in [5, 5.41) is 3.85. The zero-order valence-corrected chi connectivity index (χ0v) is 20.6. The lowest BCUT2D eigenvalue weighted by atomic mass is 9.96. The minimum atomic E-state index is -3.56. The fourth-order valence-corrected chi connectivity index (χ4v) is 6.16. The lowest BCUT2D eigenvalue weighted by Gasteiger charge is -2.33. The molecule has 8 nitrogen and oxygen atoms in total. The van der Waals surface area contributed by atoms with Crippen molar-refractivity contribution in [3.63, 3.8) is 0 Å². The molecule has 0 unspecified atom stereocenters. The number of nitrogens with one attached hydrogen (secondary N) is 1. The Labute approximate surface area is 205 Å². The number of hydrogen-bond donors (Lipinski definition) is 1. The number of nitrogens with zero attached hydrogens (tertiary/aromatic N) is 3. The van der Waals surface area contributed by atoms with Gasteiger partial charge in [-0.1, -0.05) is 18.2 Å². The number of rotatable bonds is 5. The number of para-hydroxylation sites is 1. The highest BCUT2D eigenvalue weighted by Crippen LogP contribution is 2.27. The lowest BCUT2D eigenvalue weighted by molar-refractivity contribution is -0.120. The second kappa shape index (κ2) is 9.93. The molecule has 2 fully saturated rings. The minimum Gasteiger partial charge on any atom is -0.379 e. The molecule has 184 valence electrons. The fraction of sp³-hybridized carbons (Fsp3) is 0.385. The smallest absolute Gasteiger partial charge is 0.243 e. The molecule has 0 aliphatic carbocycles. The van der Waals surface area contributed by atoms with Crippen molar-refractivity contribution in [2.24, 2.45) is 5.92 Å². The van der Waals surface area contributed by atoms with Gasteiger partial charge in [0, 0.05) is 37.3 Å². The van der Waals surface area contributed by atoms with Crippen LogP contribution in [0.4, 0.5) is 11.5 Å². The Morgan fingerprint density at radius 1 is 1.06 bits per heavy atom. The van der Waals surface area contributed by atoms with Crippen LogP contribution in [0.15, 0.2) is 59.5 Å². The standard InChI is InChI=1S/C26H30N4O4S/c1-19-5-2-3-7-23(19)28-26(31)21-6-4-12-29(18-21)25-11-8-20-17-22(9-10-24(20)27-25)35(32,33)30-13-15-34-16-14-30/h2-3,5,7-11,17,21H,4,6,12-16,18H2,1H3,(H,28,31)/t21-/m0/s1. The van der Waals surface area contributed by atoms with Gasteiger partial charge in [-0.3, -0.25) is 4.79 Å². The normalized spacial score (nSPS) is 19.6. The zero-order chi connectivity index (χ0) is 24.4. The average Bonchev–Trinajstić information content (AvgIpc) is 2.90. The molecule has 0 saturated carbocycles. The van der Waals surface area contributed by atoms with Crippen molar-refractivity contribution in [1.29, 1.82) is 0 Å². The Morgan fingerprint density at radius 3 is 2.66 bits per heavy atom. The Morgan fingerprint density at radius 2 is 1.86 bits per heavy atom. The van der Waals surface area contributed by atoms with E-state index < -0.39 is 10.0 Å². The van der Waals surface area contributed by atoms with Crippen molar-refractivity contribution in [3.05, 3.63) is 60.2 Å². The van der Waals surface area contributed by atoms with Crippen LogP contribution in [-0.2, 0) is 19.6 Å². The summed E-state index contributed by atoms with van der Waals surface area (Å²) in [6, 6.07) is 16.7. The van der Waals surface area contributed by atoms with Crippen LogP contribution in [0.3, 0.4) is 0 Å². The third-order valence-electron chi connectivity index (χ3n) is 6.77. The number of aromatic nitrogens is 1. The number of hydrogen-bond acceptors (Lipinski definition) is 6. The van der Waals surface area contributed by atoms with Gasteiger partial charge in [0.25, 0.3) is 0 Å². The van der Waals surface area contributed by atoms with E-state index in [1.54, 1.807) is 18.2 Å². The summed E-state index contributed by atoms with van der Waals surface area (Å²) in [5.74, 6) is 0.708. The Balaban J connectivity index is 1.32. The molecular formula is C26H30N4O4S. The van der Waals surface area contributed by atoms with Crippen LogP contribution in [0.5, 0.6) is 0 Å². The van der Waals surface area contributed by atoms with Crippen molar-refractivity contribution >= 4 is 38.3 Å². The molecular weight excluding hydrogens is 464 g/mol. The summed E-state index contributed by atoms with van der Waals surface area (Å²) in [5.41, 5.74) is 2.62. The number of anilines is 2. The monoisotopic (exact) mass is 494 g/mol. The topological polar surface area (TPSA) is 91.8 Å². The second-order valence-electron chi connectivity index (χ2n) is 9.13. The summed E-state index contributed by atoms with van der Waals surface area (Å²) in [4.78, 5) is 20.1. The molecule has 9 heteroatoms. The minimum absolute atomic E-state index is 0.0303. The third kappa shape index (κ3) is 5.03. The van der Waals surface area contributed by atoms with Gasteiger partial charge < -0.3 is 15.0 Å². The summed E-state index contributed by atoms with van der Waals surface area (Å²) in [7, 11) is -3.56. The first-order chi connectivity index (χ1) is 16.9. The molecule has 0 bridgehead atoms. The molecule has 0 spiro atoms. The fourth-order valence-electron chi connectivity index (χ4n) is 4.71. The molecule has 2 saturated heterocycles. The van der Waals surface area contributed by atoms with Gasteiger partial charge in [-0.05, 0) is 61.7 Å². The molecule has 2 aliphatic rings. The van der Waals surface area contributed by atoms with Crippen LogP contribution in [0.1, 0.15) is 18.4 Å². The quantitative estimate of drug-likeness (QED) is 0.584. The van der Waals surface area contributed by atoms with E-state index in [-0.39, 0.29) is 16.7 Å². The van der Waals surface area contributed by atoms with Gasteiger partial charge in [0.15, 0.2) is 0 Å². The number of carbonyl (C=O) groups is 1. The number of aryl methyl sites for hydroxylation is 1. The number of piperidine rings is 1. The number of ether oxygens (including phenoxy) is 1. The van der Waals surface area contributed by atoms with Crippen molar-refractivity contribution in [1.82, 2.24) is 9.29 Å². The number of amides is 1. The van der Waals surface area contributed by atoms with Gasteiger partial charge in [0.2, 0.25) is 15.9 Å². The number of carbonyl (C=O) groups excluding carboxylic acids is 1. The van der Waals surface area contributed by atoms with Gasteiger partial charge in [-0.2, -0.15) is 4.31 Å². The highest BCUT2D eigenvalue weighted by molar-refractivity contribution is 7.89. The molecule has 2 aromatic carbocycles. The zero-order valence-electron chi connectivity index (χ0n) is 19.8. The maximum atomic E-state index is 13.0. The summed E-state index contributed by atoms with van der Waals surface area (Å²) < 4.78 is 32.8. The van der Waals surface area contributed by atoms with E-state index >= 15 is 0 Å². The molecule has 1 atom stereocenters. The summed E-state index contributed by atoms with van der Waals surface area (Å²) in [6.07, 6.45) is 1.74. The van der Waals surface area contributed by atoms with E-state index in [9.17, 15) is 13.2 Å². The van der Waals surface area contributed by atoms with Gasteiger partial charge in [0.05, 0.1) is 29.5 Å². The van der Waals surface area contributed by atoms with Crippen LogP contribution in [0, 0.1) is 12.8 Å². The van der Waals surface area contributed by atoms with Gasteiger partial charge in [-0.15, -0.1) is 0 Å². The second-order valence-corrected chi connectivity index (χ2v) is 11.1. The predicted molar refractivity (Wildman–Crippen MR) is 136 cm³/mol. The molecule has 35 heavy (non-hydrogen) atoms. The molecule has 5 rings (SSSR count). The lowest BCUT2D eigenvalue weighted by Crippen LogP contribution is -2.41. The van der Waals surface area contributed by atoms with Crippen molar-refractivity contribution in [2.45, 2.75) is 24.7 Å².